The van der Waals surface area contributed by atoms with Crippen LogP contribution in [0.4, 0.5) is 24.8 Å². The minimum Gasteiger partial charge on any atom is -0.382 e. The quantitative estimate of drug-likeness (QED) is 0.349. The second kappa shape index (κ2) is 13.4. The molecule has 0 saturated carbocycles. The molecule has 194 valence electrons. The van der Waals surface area contributed by atoms with Crippen LogP contribution in [0.2, 0.25) is 0 Å². The van der Waals surface area contributed by atoms with Gasteiger partial charge in [0.05, 0.1) is 13.2 Å². The first-order chi connectivity index (χ1) is 17.1. The van der Waals surface area contributed by atoms with E-state index in [-0.39, 0.29) is 40.6 Å². The van der Waals surface area contributed by atoms with E-state index in [1.807, 2.05) is 0 Å². The predicted octanol–water partition coefficient (Wildman–Crippen LogP) is 0.129. The Morgan fingerprint density at radius 1 is 1.28 bits per heavy atom. The molecule has 0 unspecified atom stereocenters. The van der Waals surface area contributed by atoms with Crippen molar-refractivity contribution in [2.24, 2.45) is 0 Å². The fourth-order valence-corrected chi connectivity index (χ4v) is 3.75. The molecule has 0 aliphatic heterocycles. The number of thiazole rings is 1. The highest BCUT2D eigenvalue weighted by molar-refractivity contribution is 7.07. The van der Waals surface area contributed by atoms with Crippen LogP contribution in [0.3, 0.4) is 0 Å². The minimum absolute atomic E-state index is 0.0719. The maximum Gasteiger partial charge on any atom is 0.405 e. The molecular formula is C21H23F3N6O5S. The molecule has 0 aromatic carbocycles. The fraction of sp³-hybridized carbons (Fsp3) is 0.381. The number of aromatic nitrogens is 2. The summed E-state index contributed by atoms with van der Waals surface area (Å²) in [5, 5.41) is 16.3. The first-order valence-electron chi connectivity index (χ1n) is 10.4. The van der Waals surface area contributed by atoms with Gasteiger partial charge in [-0.15, -0.1) is 11.3 Å². The lowest BCUT2D eigenvalue weighted by molar-refractivity contribution is -0.135. The van der Waals surface area contributed by atoms with Crippen LogP contribution in [0.1, 0.15) is 6.92 Å². The fourth-order valence-electron chi connectivity index (χ4n) is 2.67. The van der Waals surface area contributed by atoms with Crippen LogP contribution >= 0.6 is 11.3 Å². The number of ether oxygens (including phenoxy) is 2. The predicted molar refractivity (Wildman–Crippen MR) is 125 cm³/mol. The van der Waals surface area contributed by atoms with Crippen molar-refractivity contribution < 1.29 is 32.2 Å². The summed E-state index contributed by atoms with van der Waals surface area (Å²) in [6.45, 7) is 0.444. The zero-order valence-electron chi connectivity index (χ0n) is 19.3. The lowest BCUT2D eigenvalue weighted by Crippen LogP contribution is -2.37. The number of methoxy groups -OCH3 is 1. The van der Waals surface area contributed by atoms with Gasteiger partial charge >= 0.3 is 6.18 Å². The number of alkyl halides is 3. The first kappa shape index (κ1) is 28.5. The van der Waals surface area contributed by atoms with Gasteiger partial charge in [0.1, 0.15) is 40.1 Å². The van der Waals surface area contributed by atoms with E-state index in [4.69, 9.17) is 9.47 Å². The summed E-state index contributed by atoms with van der Waals surface area (Å²) in [5.41, 5.74) is -1.17. The van der Waals surface area contributed by atoms with E-state index in [9.17, 15) is 32.8 Å². The van der Waals surface area contributed by atoms with Gasteiger partial charge < -0.3 is 25.4 Å². The third-order valence-corrected chi connectivity index (χ3v) is 5.39. The number of halogens is 3. The average Bonchev–Trinajstić information content (AvgIpc) is 3.14. The molecule has 2 amide bonds. The number of anilines is 2. The molecule has 0 bridgehead atoms. The third kappa shape index (κ3) is 8.48. The van der Waals surface area contributed by atoms with Crippen molar-refractivity contribution in [3.8, 4) is 6.07 Å². The molecule has 0 radical (unpaired) electrons. The van der Waals surface area contributed by atoms with Crippen molar-refractivity contribution in [3.05, 3.63) is 37.7 Å². The second-order valence-electron chi connectivity index (χ2n) is 6.90. The number of rotatable bonds is 11. The molecule has 0 saturated heterocycles. The molecule has 3 N–H and O–H groups in total. The van der Waals surface area contributed by atoms with Crippen molar-refractivity contribution in [3.63, 3.8) is 0 Å². The van der Waals surface area contributed by atoms with E-state index < -0.39 is 35.7 Å². The lowest BCUT2D eigenvalue weighted by atomic mass is 10.3. The van der Waals surface area contributed by atoms with E-state index in [2.05, 4.69) is 15.6 Å². The van der Waals surface area contributed by atoms with Crippen molar-refractivity contribution in [2.45, 2.75) is 19.6 Å². The molecule has 0 fully saturated rings. The summed E-state index contributed by atoms with van der Waals surface area (Å²) in [7, 11) is 1.51. The van der Waals surface area contributed by atoms with Gasteiger partial charge in [0.2, 0.25) is 0 Å². The maximum absolute atomic E-state index is 12.7. The molecule has 2 aromatic heterocycles. The Balaban J connectivity index is 2.26. The normalized spacial score (nSPS) is 12.6. The molecule has 11 nitrogen and oxygen atoms in total. The van der Waals surface area contributed by atoms with Crippen molar-refractivity contribution >= 4 is 46.6 Å². The van der Waals surface area contributed by atoms with Crippen LogP contribution < -0.4 is 30.7 Å². The standard InChI is InChI=1S/C21H23F3N6O5S/c1-3-30-19(33)14(36-20(30)13(9-25)18(32)27-12-21(22,23)24)10-26-15-5-4-6-16(28-15)29-17(31)11-35-8-7-34-2/h4-6,10H,3,7-8,11-12H2,1-2H3,(H,27,32)(H2,26,28,29,31). The summed E-state index contributed by atoms with van der Waals surface area (Å²) in [6.07, 6.45) is -3.37. The molecule has 0 aliphatic carbocycles. The molecule has 2 aromatic rings. The summed E-state index contributed by atoms with van der Waals surface area (Å²) in [4.78, 5) is 41.0. The highest BCUT2D eigenvalue weighted by atomic mass is 32.1. The highest BCUT2D eigenvalue weighted by Crippen LogP contribution is 2.12. The molecule has 2 heterocycles. The van der Waals surface area contributed by atoms with Crippen LogP contribution in [0, 0.1) is 11.3 Å². The number of hydrogen-bond donors (Lipinski definition) is 3. The number of nitriles is 1. The van der Waals surface area contributed by atoms with Gasteiger partial charge in [-0.3, -0.25) is 19.0 Å². The van der Waals surface area contributed by atoms with Gasteiger partial charge in [-0.05, 0) is 19.1 Å². The highest BCUT2D eigenvalue weighted by Gasteiger charge is 2.28. The SMILES string of the molecule is CCn1c(=C(C#N)C(=O)NCC(F)(F)F)sc(=CNc2cccc(NC(=O)COCCOC)n2)c1=O. The zero-order chi connectivity index (χ0) is 26.7. The van der Waals surface area contributed by atoms with Crippen LogP contribution in [-0.2, 0) is 25.6 Å². The molecule has 36 heavy (non-hydrogen) atoms. The van der Waals surface area contributed by atoms with Crippen LogP contribution in [0.15, 0.2) is 23.0 Å². The molecule has 0 atom stereocenters. The molecular weight excluding hydrogens is 505 g/mol. The third-order valence-electron chi connectivity index (χ3n) is 4.26. The number of amides is 2. The number of nitrogens with one attached hydrogen (secondary N) is 3. The number of hydrogen-bond acceptors (Lipinski definition) is 9. The van der Waals surface area contributed by atoms with E-state index in [0.717, 1.165) is 15.9 Å². The largest absolute Gasteiger partial charge is 0.405 e. The topological polar surface area (TPSA) is 147 Å². The molecule has 0 spiro atoms. The zero-order valence-corrected chi connectivity index (χ0v) is 20.1. The van der Waals surface area contributed by atoms with Gasteiger partial charge in [0.25, 0.3) is 17.4 Å². The van der Waals surface area contributed by atoms with Crippen LogP contribution in [-0.4, -0.2) is 61.0 Å². The van der Waals surface area contributed by atoms with E-state index in [1.165, 1.54) is 13.3 Å². The molecule has 0 aliphatic rings. The average molecular weight is 529 g/mol. The van der Waals surface area contributed by atoms with Crippen molar-refractivity contribution in [1.29, 1.82) is 5.26 Å². The van der Waals surface area contributed by atoms with Crippen molar-refractivity contribution in [1.82, 2.24) is 14.9 Å². The van der Waals surface area contributed by atoms with Crippen LogP contribution in [0.5, 0.6) is 0 Å². The number of pyridine rings is 1. The van der Waals surface area contributed by atoms with Gasteiger partial charge in [-0.2, -0.15) is 18.4 Å². The number of nitrogens with zero attached hydrogens (tertiary/aromatic N) is 3. The number of carbonyl (C=O) groups is 2. The smallest absolute Gasteiger partial charge is 0.382 e. The Kier molecular flexibility index (Phi) is 10.6. The van der Waals surface area contributed by atoms with Gasteiger partial charge in [-0.25, -0.2) is 4.98 Å². The Hall–Kier alpha value is -3.74. The van der Waals surface area contributed by atoms with Gasteiger partial charge in [0, 0.05) is 19.9 Å². The Labute approximate surface area is 206 Å². The first-order valence-corrected chi connectivity index (χ1v) is 11.2. The number of carbonyl (C=O) groups excluding carboxylic acids is 2. The monoisotopic (exact) mass is 528 g/mol. The van der Waals surface area contributed by atoms with E-state index >= 15 is 0 Å². The Morgan fingerprint density at radius 2 is 2.00 bits per heavy atom. The molecule has 15 heteroatoms. The lowest BCUT2D eigenvalue weighted by Gasteiger charge is -2.07. The summed E-state index contributed by atoms with van der Waals surface area (Å²) < 4.78 is 48.3. The summed E-state index contributed by atoms with van der Waals surface area (Å²) in [6, 6.07) is 6.27. The van der Waals surface area contributed by atoms with Gasteiger partial charge in [0.15, 0.2) is 5.57 Å². The summed E-state index contributed by atoms with van der Waals surface area (Å²) in [5.74, 6) is -1.20. The van der Waals surface area contributed by atoms with Gasteiger partial charge in [-0.1, -0.05) is 6.07 Å². The maximum atomic E-state index is 12.7. The summed E-state index contributed by atoms with van der Waals surface area (Å²) >= 11 is 0.759. The van der Waals surface area contributed by atoms with Crippen LogP contribution in [0.25, 0.3) is 11.8 Å². The van der Waals surface area contributed by atoms with E-state index in [1.54, 1.807) is 36.5 Å². The van der Waals surface area contributed by atoms with Crippen molar-refractivity contribution in [2.75, 3.05) is 44.1 Å². The minimum atomic E-state index is -4.66. The Morgan fingerprint density at radius 3 is 2.64 bits per heavy atom. The second-order valence-corrected chi connectivity index (χ2v) is 7.93. The Bertz CT molecular complexity index is 1300. The van der Waals surface area contributed by atoms with E-state index in [0.29, 0.717) is 6.61 Å². The molecule has 2 rings (SSSR count).